The predicted molar refractivity (Wildman–Crippen MR) is 259 cm³/mol. The van der Waals surface area contributed by atoms with Crippen molar-refractivity contribution < 1.29 is 24.5 Å². The summed E-state index contributed by atoms with van der Waals surface area (Å²) < 4.78 is 5.81. The second-order valence-corrected chi connectivity index (χ2v) is 17.2. The van der Waals surface area contributed by atoms with E-state index < -0.39 is 18.2 Å². The molecule has 0 fully saturated rings. The number of aliphatic hydroxyl groups is 2. The molecule has 0 rings (SSSR count). The minimum absolute atomic E-state index is 0.0380. The molecule has 0 saturated carbocycles. The highest BCUT2D eigenvalue weighted by atomic mass is 16.5. The third kappa shape index (κ3) is 42.3. The van der Waals surface area contributed by atoms with Crippen LogP contribution in [0.1, 0.15) is 245 Å². The van der Waals surface area contributed by atoms with Crippen molar-refractivity contribution in [1.82, 2.24) is 5.32 Å². The quantitative estimate of drug-likeness (QED) is 0.0246. The molecule has 6 nitrogen and oxygen atoms in total. The first-order chi connectivity index (χ1) is 29.5. The van der Waals surface area contributed by atoms with Crippen LogP contribution in [0.2, 0.25) is 0 Å². The molecule has 0 bridgehead atoms. The Balaban J connectivity index is 4.57. The van der Waals surface area contributed by atoms with Crippen molar-refractivity contribution in [2.75, 3.05) is 6.61 Å². The summed E-state index contributed by atoms with van der Waals surface area (Å²) >= 11 is 0. The van der Waals surface area contributed by atoms with Crippen molar-refractivity contribution in [3.05, 3.63) is 60.8 Å². The Morgan fingerprint density at radius 1 is 0.533 bits per heavy atom. The van der Waals surface area contributed by atoms with Crippen LogP contribution in [-0.2, 0) is 14.3 Å². The van der Waals surface area contributed by atoms with Crippen LogP contribution in [0.5, 0.6) is 0 Å². The van der Waals surface area contributed by atoms with E-state index in [1.54, 1.807) is 0 Å². The number of allylic oxidation sites excluding steroid dienone is 9. The molecule has 1 amide bonds. The van der Waals surface area contributed by atoms with Crippen molar-refractivity contribution in [2.45, 2.75) is 264 Å². The molecule has 0 saturated heterocycles. The zero-order valence-electron chi connectivity index (χ0n) is 39.6. The molecule has 6 heteroatoms. The zero-order chi connectivity index (χ0) is 43.8. The standard InChI is InChI=1S/C54H97NO5/c1-4-7-10-13-16-19-22-24-25-26-27-29-31-34-37-40-43-46-52(57)51(49-56)55-53(58)48-50(45-42-39-36-33-30-21-18-15-12-9-6-3)60-54(59)47-44-41-38-35-32-28-23-20-17-14-11-8-5-2/h8,11,14,17,20,23,33,36,42,45,50-52,56-57H,4-7,9-10,12-13,15-16,18-19,21-22,24-32,34-35,37-41,43-44,46-49H2,1-3H3,(H,55,58)/b11-8+,17-14+,23-20-,36-33-,45-42+. The average Bonchev–Trinajstić information content (AvgIpc) is 3.24. The van der Waals surface area contributed by atoms with Crippen LogP contribution in [0.25, 0.3) is 0 Å². The summed E-state index contributed by atoms with van der Waals surface area (Å²) in [5.74, 6) is -0.626. The first kappa shape index (κ1) is 57.6. The number of unbranched alkanes of at least 4 members (excludes halogenated alkanes) is 27. The summed E-state index contributed by atoms with van der Waals surface area (Å²) in [6.07, 6.45) is 58.9. The molecule has 0 aromatic rings. The number of amides is 1. The molecule has 0 aromatic heterocycles. The van der Waals surface area contributed by atoms with E-state index in [0.717, 1.165) is 70.6 Å². The van der Waals surface area contributed by atoms with E-state index in [-0.39, 0.29) is 24.9 Å². The van der Waals surface area contributed by atoms with Crippen molar-refractivity contribution in [1.29, 1.82) is 0 Å². The molecule has 0 heterocycles. The summed E-state index contributed by atoms with van der Waals surface area (Å²) in [6.45, 7) is 6.31. The molecule has 0 aliphatic heterocycles. The molecule has 0 radical (unpaired) electrons. The van der Waals surface area contributed by atoms with E-state index in [1.807, 2.05) is 12.2 Å². The highest BCUT2D eigenvalue weighted by molar-refractivity contribution is 5.78. The number of rotatable bonds is 45. The Kier molecular flexibility index (Phi) is 45.7. The summed E-state index contributed by atoms with van der Waals surface area (Å²) in [4.78, 5) is 26.0. The maximum absolute atomic E-state index is 13.1. The van der Waals surface area contributed by atoms with E-state index in [9.17, 15) is 19.8 Å². The number of carbonyl (C=O) groups excluding carboxylic acids is 2. The minimum atomic E-state index is -0.815. The lowest BCUT2D eigenvalue weighted by Gasteiger charge is -2.23. The second kappa shape index (κ2) is 47.6. The SMILES string of the molecule is CC/C=C/C=C/C=C\CCCCCCCC(=O)OC(/C=C/C/C=C\CCCCCCCC)CC(=O)NC(CO)C(O)CCCCCCCCCCCCCCCCCCC. The summed E-state index contributed by atoms with van der Waals surface area (Å²) in [5.41, 5.74) is 0. The molecule has 0 aromatic carbocycles. The van der Waals surface area contributed by atoms with Gasteiger partial charge in [0, 0.05) is 6.42 Å². The predicted octanol–water partition coefficient (Wildman–Crippen LogP) is 15.2. The Labute approximate surface area is 371 Å². The Morgan fingerprint density at radius 3 is 1.52 bits per heavy atom. The van der Waals surface area contributed by atoms with E-state index >= 15 is 0 Å². The van der Waals surface area contributed by atoms with Crippen LogP contribution >= 0.6 is 0 Å². The van der Waals surface area contributed by atoms with E-state index in [0.29, 0.717) is 19.3 Å². The first-order valence-electron chi connectivity index (χ1n) is 25.6. The number of aliphatic hydroxyl groups excluding tert-OH is 2. The van der Waals surface area contributed by atoms with Gasteiger partial charge in [-0.3, -0.25) is 9.59 Å². The lowest BCUT2D eigenvalue weighted by atomic mass is 10.0. The van der Waals surface area contributed by atoms with Crippen molar-refractivity contribution in [3.8, 4) is 0 Å². The molecule has 3 atom stereocenters. The van der Waals surface area contributed by atoms with Crippen molar-refractivity contribution in [2.24, 2.45) is 0 Å². The van der Waals surface area contributed by atoms with Crippen LogP contribution in [0, 0.1) is 0 Å². The lowest BCUT2D eigenvalue weighted by molar-refractivity contribution is -0.148. The fourth-order valence-electron chi connectivity index (χ4n) is 7.51. The number of nitrogens with one attached hydrogen (secondary N) is 1. The van der Waals surface area contributed by atoms with Gasteiger partial charge in [0.15, 0.2) is 0 Å². The monoisotopic (exact) mass is 840 g/mol. The highest BCUT2D eigenvalue weighted by Gasteiger charge is 2.23. The van der Waals surface area contributed by atoms with Gasteiger partial charge < -0.3 is 20.3 Å². The third-order valence-corrected chi connectivity index (χ3v) is 11.4. The van der Waals surface area contributed by atoms with Gasteiger partial charge in [0.25, 0.3) is 0 Å². The lowest BCUT2D eigenvalue weighted by Crippen LogP contribution is -2.46. The second-order valence-electron chi connectivity index (χ2n) is 17.2. The van der Waals surface area contributed by atoms with Gasteiger partial charge in [-0.15, -0.1) is 0 Å². The van der Waals surface area contributed by atoms with Gasteiger partial charge in [-0.2, -0.15) is 0 Å². The van der Waals surface area contributed by atoms with E-state index in [1.165, 1.54) is 128 Å². The minimum Gasteiger partial charge on any atom is -0.458 e. The number of hydrogen-bond acceptors (Lipinski definition) is 5. The molecule has 348 valence electrons. The molecule has 0 aliphatic rings. The van der Waals surface area contributed by atoms with Crippen molar-refractivity contribution >= 4 is 11.9 Å². The average molecular weight is 840 g/mol. The van der Waals surface area contributed by atoms with Crippen LogP contribution in [0.4, 0.5) is 0 Å². The van der Waals surface area contributed by atoms with Gasteiger partial charge >= 0.3 is 5.97 Å². The van der Waals surface area contributed by atoms with Crippen LogP contribution < -0.4 is 5.32 Å². The van der Waals surface area contributed by atoms with E-state index in [2.05, 4.69) is 74.7 Å². The van der Waals surface area contributed by atoms with Crippen LogP contribution in [0.15, 0.2) is 60.8 Å². The van der Waals surface area contributed by atoms with Gasteiger partial charge in [-0.25, -0.2) is 0 Å². The fourth-order valence-corrected chi connectivity index (χ4v) is 7.51. The Hall–Kier alpha value is -2.44. The number of ether oxygens (including phenoxy) is 1. The van der Waals surface area contributed by atoms with Gasteiger partial charge in [0.1, 0.15) is 6.10 Å². The molecule has 3 N–H and O–H groups in total. The zero-order valence-corrected chi connectivity index (χ0v) is 39.6. The molecular formula is C54H97NO5. The van der Waals surface area contributed by atoms with Crippen LogP contribution in [-0.4, -0.2) is 46.9 Å². The third-order valence-electron chi connectivity index (χ3n) is 11.4. The van der Waals surface area contributed by atoms with Crippen molar-refractivity contribution in [3.63, 3.8) is 0 Å². The molecule has 0 spiro atoms. The maximum Gasteiger partial charge on any atom is 0.306 e. The topological polar surface area (TPSA) is 95.9 Å². The molecule has 0 aliphatic carbocycles. The number of carbonyl (C=O) groups is 2. The normalized spacial score (nSPS) is 13.8. The fraction of sp³-hybridized carbons (Fsp3) is 0.778. The summed E-state index contributed by atoms with van der Waals surface area (Å²) in [6, 6.07) is -0.737. The molecular weight excluding hydrogens is 743 g/mol. The first-order valence-corrected chi connectivity index (χ1v) is 25.6. The Morgan fingerprint density at radius 2 is 1.00 bits per heavy atom. The largest absolute Gasteiger partial charge is 0.458 e. The Bertz CT molecular complexity index is 1080. The van der Waals surface area contributed by atoms with Gasteiger partial charge in [0.05, 0.1) is 25.2 Å². The van der Waals surface area contributed by atoms with E-state index in [4.69, 9.17) is 4.74 Å². The van der Waals surface area contributed by atoms with Crippen LogP contribution in [0.3, 0.4) is 0 Å². The summed E-state index contributed by atoms with van der Waals surface area (Å²) in [5, 5.41) is 23.7. The smallest absolute Gasteiger partial charge is 0.306 e. The van der Waals surface area contributed by atoms with Gasteiger partial charge in [0.2, 0.25) is 5.91 Å². The number of esters is 1. The molecule has 60 heavy (non-hydrogen) atoms. The highest BCUT2D eigenvalue weighted by Crippen LogP contribution is 2.16. The summed E-state index contributed by atoms with van der Waals surface area (Å²) in [7, 11) is 0. The maximum atomic E-state index is 13.1. The number of hydrogen-bond donors (Lipinski definition) is 3. The molecule has 3 unspecified atom stereocenters. The van der Waals surface area contributed by atoms with Gasteiger partial charge in [-0.05, 0) is 57.4 Å². The van der Waals surface area contributed by atoms with Gasteiger partial charge in [-0.1, -0.05) is 236 Å².